The zero-order valence-electron chi connectivity index (χ0n) is 84.3. The van der Waals surface area contributed by atoms with Crippen LogP contribution in [-0.4, -0.2) is 33.1 Å². The number of hydrogen-bond donors (Lipinski definition) is 0. The molecule has 0 spiro atoms. The average molecular weight is 1750 g/mol. The van der Waals surface area contributed by atoms with Gasteiger partial charge in [0.05, 0.1) is 41.9 Å². The number of aromatic nitrogens is 4. The molecule has 13 aromatic carbocycles. The van der Waals surface area contributed by atoms with Crippen LogP contribution in [0.4, 0.5) is 0 Å². The minimum atomic E-state index is 0.507. The number of pyridine rings is 4. The first-order valence-corrected chi connectivity index (χ1v) is 49.2. The summed E-state index contributed by atoms with van der Waals surface area (Å²) in [6, 6.07) is 88.1. The van der Waals surface area contributed by atoms with E-state index in [4.69, 9.17) is 14.5 Å². The average Bonchev–Trinajstić information content (AvgIpc) is 0.768. The van der Waals surface area contributed by atoms with Crippen LogP contribution in [0.3, 0.4) is 0 Å². The molecule has 3 aliphatic rings. The number of para-hydroxylation sites is 3. The molecule has 0 bridgehead atoms. The highest BCUT2D eigenvalue weighted by Gasteiger charge is 2.22. The lowest BCUT2D eigenvalue weighted by Gasteiger charge is -2.23. The van der Waals surface area contributed by atoms with Gasteiger partial charge in [0.2, 0.25) is 0 Å². The van der Waals surface area contributed by atoms with Crippen molar-refractivity contribution in [3.63, 3.8) is 0 Å². The van der Waals surface area contributed by atoms with E-state index in [1.165, 1.54) is 180 Å². The molecule has 0 saturated heterocycles. The fourth-order valence-corrected chi connectivity index (χ4v) is 21.0. The van der Waals surface area contributed by atoms with E-state index >= 15 is 0 Å². The normalized spacial score (nSPS) is 12.6. The zero-order valence-corrected chi connectivity index (χ0v) is 84.3. The molecule has 6 heteroatoms. The summed E-state index contributed by atoms with van der Waals surface area (Å²) in [5.74, 6) is 6.34. The summed E-state index contributed by atoms with van der Waals surface area (Å²) in [4.78, 5) is 17.9. The first-order valence-electron chi connectivity index (χ1n) is 49.2. The molecule has 0 amide bonds. The van der Waals surface area contributed by atoms with Crippen LogP contribution >= 0.6 is 0 Å². The van der Waals surface area contributed by atoms with E-state index in [1.807, 2.05) is 42.9 Å². The van der Waals surface area contributed by atoms with Crippen molar-refractivity contribution in [1.29, 1.82) is 0 Å². The standard InChI is InChI=1S/C17H16.C16H15N.C14H20.C14H16.3C13H15N.2C13H18O/c1-12(2)17-15-9-5-3-7-13(15)11-14-8-4-6-10-16(14)17;1-11(2)16-12-7-3-5-9-14(12)17-15-10-6-4-8-13(15)16;2*1-10(2)14-11(3)8-9-12-6-4-5-7-13(12)14;1-9(2)13-10(3)6-7-12-11(13)5-4-8-14-12;1-9(2)13-10(3)14-8-11-6-4-5-7-12(11)13;1-9(2)13-10(3)8-14-12-7-5-4-6-11(12)13;1-9(2)13-10(3)4-5-11-8-14-7-6-12(11)13;1-9(2)13-10(3)6-7-12-11(13)5-4-8-14-12/h3-12H,1-2H3;3-11H,1-2H3;8-10H,4-7H2,1-3H3;4-10H,1-3H3;3*4-9H,1-3H3;4-5,9H,6-8H2,1-3H3;6-7,9H,4-5,8H2,1-3H3. The lowest BCUT2D eigenvalue weighted by molar-refractivity contribution is 0.110. The molecule has 132 heavy (non-hydrogen) atoms. The van der Waals surface area contributed by atoms with Gasteiger partial charge in [0, 0.05) is 51.2 Å². The van der Waals surface area contributed by atoms with Gasteiger partial charge in [-0.1, -0.05) is 331 Å². The van der Waals surface area contributed by atoms with Gasteiger partial charge >= 0.3 is 0 Å². The monoisotopic (exact) mass is 1750 g/mol. The van der Waals surface area contributed by atoms with E-state index in [-0.39, 0.29) is 0 Å². The van der Waals surface area contributed by atoms with Crippen molar-refractivity contribution >= 4 is 86.7 Å². The predicted molar refractivity (Wildman–Crippen MR) is 573 cm³/mol. The molecule has 0 radical (unpaired) electrons. The van der Waals surface area contributed by atoms with Gasteiger partial charge in [-0.05, 0) is 338 Å². The Bertz CT molecular complexity index is 6000. The molecule has 4 aromatic heterocycles. The van der Waals surface area contributed by atoms with Gasteiger partial charge in [-0.15, -0.1) is 0 Å². The van der Waals surface area contributed by atoms with E-state index < -0.39 is 0 Å². The molecule has 0 N–H and O–H groups in total. The van der Waals surface area contributed by atoms with Crippen LogP contribution in [0, 0.1) is 48.5 Å². The maximum Gasteiger partial charge on any atom is 0.122 e. The molecule has 6 heterocycles. The van der Waals surface area contributed by atoms with Crippen LogP contribution < -0.4 is 4.74 Å². The Morgan fingerprint density at radius 2 is 0.606 bits per heavy atom. The summed E-state index contributed by atoms with van der Waals surface area (Å²) >= 11 is 0. The highest BCUT2D eigenvalue weighted by molar-refractivity contribution is 6.03. The Morgan fingerprint density at radius 1 is 0.242 bits per heavy atom. The fraction of sp³-hybridized carbons (Fsp3) is 0.349. The fourth-order valence-electron chi connectivity index (χ4n) is 21.0. The first kappa shape index (κ1) is 99.3. The van der Waals surface area contributed by atoms with Gasteiger partial charge < -0.3 is 9.47 Å². The Morgan fingerprint density at radius 3 is 1.14 bits per heavy atom. The predicted octanol–water partition coefficient (Wildman–Crippen LogP) is 35.5. The van der Waals surface area contributed by atoms with Crippen LogP contribution in [0.1, 0.15) is 314 Å². The van der Waals surface area contributed by atoms with E-state index in [1.54, 1.807) is 27.8 Å². The number of ether oxygens (including phenoxy) is 2. The van der Waals surface area contributed by atoms with Crippen molar-refractivity contribution in [1.82, 2.24) is 19.9 Å². The number of fused-ring (bicyclic) bond motifs is 11. The van der Waals surface area contributed by atoms with E-state index in [0.717, 1.165) is 66.2 Å². The van der Waals surface area contributed by atoms with E-state index in [0.29, 0.717) is 53.3 Å². The third-order valence-electron chi connectivity index (χ3n) is 26.5. The molecule has 0 saturated carbocycles. The molecule has 684 valence electrons. The zero-order chi connectivity index (χ0) is 94.6. The molecule has 17 aromatic rings. The van der Waals surface area contributed by atoms with Crippen molar-refractivity contribution in [2.45, 2.75) is 278 Å². The van der Waals surface area contributed by atoms with Crippen LogP contribution in [0.25, 0.3) is 86.7 Å². The van der Waals surface area contributed by atoms with Gasteiger partial charge in [-0.25, -0.2) is 4.98 Å². The summed E-state index contributed by atoms with van der Waals surface area (Å²) in [6.45, 7) is 58.4. The Balaban J connectivity index is 0.000000134. The highest BCUT2D eigenvalue weighted by atomic mass is 16.5. The molecular formula is C126H148N4O2. The molecule has 2 aliphatic heterocycles. The number of aryl methyl sites for hydroxylation is 8. The number of hydrogen-bond acceptors (Lipinski definition) is 6. The Kier molecular flexibility index (Phi) is 35.1. The third kappa shape index (κ3) is 24.0. The smallest absolute Gasteiger partial charge is 0.122 e. The van der Waals surface area contributed by atoms with Gasteiger partial charge in [0.1, 0.15) is 5.75 Å². The molecule has 20 rings (SSSR count). The van der Waals surface area contributed by atoms with Crippen LogP contribution in [0.2, 0.25) is 0 Å². The van der Waals surface area contributed by atoms with Gasteiger partial charge in [0.15, 0.2) is 0 Å². The second kappa shape index (κ2) is 46.6. The summed E-state index contributed by atoms with van der Waals surface area (Å²) in [6.07, 6.45) is 14.6. The molecule has 6 nitrogen and oxygen atoms in total. The third-order valence-corrected chi connectivity index (χ3v) is 26.5. The minimum Gasteiger partial charge on any atom is -0.493 e. The number of nitrogens with zero attached hydrogens (tertiary/aromatic N) is 4. The molecule has 1 aliphatic carbocycles. The summed E-state index contributed by atoms with van der Waals surface area (Å²) in [5, 5.41) is 15.9. The quantitative estimate of drug-likeness (QED) is 0.134. The van der Waals surface area contributed by atoms with Crippen molar-refractivity contribution < 1.29 is 9.47 Å². The van der Waals surface area contributed by atoms with Crippen molar-refractivity contribution in [2.75, 3.05) is 13.2 Å². The minimum absolute atomic E-state index is 0.507. The Hall–Kier alpha value is -11.7. The van der Waals surface area contributed by atoms with Gasteiger partial charge in [0.25, 0.3) is 0 Å². The number of benzene rings is 13. The lowest BCUT2D eigenvalue weighted by atomic mass is 9.82. The van der Waals surface area contributed by atoms with Gasteiger partial charge in [-0.2, -0.15) is 0 Å². The van der Waals surface area contributed by atoms with Crippen LogP contribution in [-0.2, 0) is 37.0 Å². The summed E-state index contributed by atoms with van der Waals surface area (Å²) in [5.41, 5.74) is 34.9. The SMILES string of the molecule is CC(C)c1c2ccccc2cc2ccccc12.CC(C)c1c2ccccc2nc2ccccc12.Cc1ccc2c(c1C(C)C)CCCC2.Cc1ccc2c(c1C(C)C)CCCO2.Cc1ccc2c(c1C(C)C)CCOC2.Cc1ccc2ccccc2c1C(C)C.Cc1ccc2ncccc2c1C(C)C.Cc1cnc2ccccc2c1C(C)C.Cc1ncc2ccccc2c1C(C)C. The van der Waals surface area contributed by atoms with Crippen LogP contribution in [0.5, 0.6) is 5.75 Å². The molecule has 0 atom stereocenters. The maximum absolute atomic E-state index is 5.67. The van der Waals surface area contributed by atoms with Crippen molar-refractivity contribution in [3.05, 3.63) is 384 Å². The molecule has 0 unspecified atom stereocenters. The lowest BCUT2D eigenvalue weighted by Crippen LogP contribution is -2.14. The second-order valence-corrected chi connectivity index (χ2v) is 39.4. The summed E-state index contributed by atoms with van der Waals surface area (Å²) in [7, 11) is 0. The molecular weight excluding hydrogens is 1600 g/mol. The maximum atomic E-state index is 5.67. The van der Waals surface area contributed by atoms with E-state index in [2.05, 4.69) is 413 Å². The summed E-state index contributed by atoms with van der Waals surface area (Å²) < 4.78 is 11.1. The second-order valence-electron chi connectivity index (χ2n) is 39.4. The van der Waals surface area contributed by atoms with Crippen LogP contribution in [0.15, 0.2) is 267 Å². The largest absolute Gasteiger partial charge is 0.493 e. The molecule has 0 fully saturated rings. The highest BCUT2D eigenvalue weighted by Crippen LogP contribution is 2.40. The number of rotatable bonds is 9. The van der Waals surface area contributed by atoms with Crippen molar-refractivity contribution in [2.24, 2.45) is 0 Å². The van der Waals surface area contributed by atoms with Crippen molar-refractivity contribution in [3.8, 4) is 5.75 Å². The first-order chi connectivity index (χ1) is 63.4. The Labute approximate surface area is 792 Å². The van der Waals surface area contributed by atoms with Gasteiger partial charge in [-0.3, -0.25) is 15.0 Å². The topological polar surface area (TPSA) is 70.0 Å². The van der Waals surface area contributed by atoms with E-state index in [9.17, 15) is 0 Å².